The van der Waals surface area contributed by atoms with Crippen LogP contribution in [-0.2, 0) is 11.8 Å². The van der Waals surface area contributed by atoms with Crippen LogP contribution in [0.1, 0.15) is 21.3 Å². The number of carbonyl (C=O) groups excluding carboxylic acids is 1. The summed E-state index contributed by atoms with van der Waals surface area (Å²) in [4.78, 5) is 28.1. The maximum absolute atomic E-state index is 14.2. The van der Waals surface area contributed by atoms with Gasteiger partial charge >= 0.3 is 0 Å². The molecule has 0 aliphatic heterocycles. The first-order chi connectivity index (χ1) is 15.2. The monoisotopic (exact) mass is 457 g/mol. The Balaban J connectivity index is 0.00000385. The van der Waals surface area contributed by atoms with Gasteiger partial charge in [-0.25, -0.2) is 13.8 Å². The summed E-state index contributed by atoms with van der Waals surface area (Å²) in [7, 11) is 1.56. The zero-order valence-corrected chi connectivity index (χ0v) is 17.7. The van der Waals surface area contributed by atoms with Crippen molar-refractivity contribution >= 4 is 11.6 Å². The highest BCUT2D eigenvalue weighted by molar-refractivity contribution is 5.99. The lowest BCUT2D eigenvalue weighted by atomic mass is 10.1. The molecule has 1 N–H and O–H groups in total. The SMILES string of the molecule is C.C=CC(=O)Nc1cnc(Oc2ccc(F)cc2F)c(-c2cn(C)c(=O)cc2OC(C)C)c1. The number of aryl methyl sites for hydroxylation is 1. The number of hydrogen-bond donors (Lipinski definition) is 1. The van der Waals surface area contributed by atoms with Crippen molar-refractivity contribution < 1.29 is 23.0 Å². The Labute approximate surface area is 190 Å². The summed E-state index contributed by atoms with van der Waals surface area (Å²) in [6, 6.07) is 5.73. The summed E-state index contributed by atoms with van der Waals surface area (Å²) in [6.45, 7) is 7.00. The highest BCUT2D eigenvalue weighted by Gasteiger charge is 2.19. The van der Waals surface area contributed by atoms with Crippen molar-refractivity contribution in [2.24, 2.45) is 7.05 Å². The van der Waals surface area contributed by atoms with Crippen molar-refractivity contribution in [2.75, 3.05) is 5.32 Å². The van der Waals surface area contributed by atoms with Crippen LogP contribution in [0.3, 0.4) is 0 Å². The second-order valence-corrected chi connectivity index (χ2v) is 7.11. The van der Waals surface area contributed by atoms with Crippen molar-refractivity contribution in [3.05, 3.63) is 77.4 Å². The van der Waals surface area contributed by atoms with Crippen LogP contribution in [-0.4, -0.2) is 21.6 Å². The van der Waals surface area contributed by atoms with E-state index in [0.29, 0.717) is 22.9 Å². The van der Waals surface area contributed by atoms with E-state index in [9.17, 15) is 18.4 Å². The average Bonchev–Trinajstić information content (AvgIpc) is 2.73. The third-order valence-electron chi connectivity index (χ3n) is 4.25. The number of halogens is 2. The molecule has 1 amide bonds. The lowest BCUT2D eigenvalue weighted by molar-refractivity contribution is -0.111. The Morgan fingerprint density at radius 3 is 2.55 bits per heavy atom. The van der Waals surface area contributed by atoms with Crippen molar-refractivity contribution in [3.63, 3.8) is 0 Å². The highest BCUT2D eigenvalue weighted by Crippen LogP contribution is 2.38. The number of pyridine rings is 2. The van der Waals surface area contributed by atoms with E-state index in [2.05, 4.69) is 16.9 Å². The van der Waals surface area contributed by atoms with Crippen LogP contribution >= 0.6 is 0 Å². The fourth-order valence-electron chi connectivity index (χ4n) is 2.82. The minimum atomic E-state index is -0.916. The molecular weight excluding hydrogens is 432 g/mol. The van der Waals surface area contributed by atoms with E-state index in [1.54, 1.807) is 20.9 Å². The molecule has 0 bridgehead atoms. The number of ether oxygens (including phenoxy) is 2. The largest absolute Gasteiger partial charge is 0.490 e. The van der Waals surface area contributed by atoms with Gasteiger partial charge in [0.1, 0.15) is 11.6 Å². The first-order valence-corrected chi connectivity index (χ1v) is 9.62. The van der Waals surface area contributed by atoms with Gasteiger partial charge in [0.05, 0.1) is 23.6 Å². The number of anilines is 1. The van der Waals surface area contributed by atoms with Gasteiger partial charge in [-0.2, -0.15) is 0 Å². The minimum absolute atomic E-state index is 0. The number of benzene rings is 1. The van der Waals surface area contributed by atoms with Crippen LogP contribution in [0, 0.1) is 11.6 Å². The molecular formula is C24H25F2N3O4. The molecule has 2 heterocycles. The van der Waals surface area contributed by atoms with Gasteiger partial charge in [-0.3, -0.25) is 9.59 Å². The molecule has 0 fully saturated rings. The summed E-state index contributed by atoms with van der Waals surface area (Å²) in [5.41, 5.74) is 0.726. The van der Waals surface area contributed by atoms with Gasteiger partial charge in [-0.15, -0.1) is 0 Å². The summed E-state index contributed by atoms with van der Waals surface area (Å²) < 4.78 is 40.3. The quantitative estimate of drug-likeness (QED) is 0.501. The predicted molar refractivity (Wildman–Crippen MR) is 123 cm³/mol. The van der Waals surface area contributed by atoms with Crippen LogP contribution in [0.2, 0.25) is 0 Å². The normalized spacial score (nSPS) is 10.4. The van der Waals surface area contributed by atoms with E-state index in [1.807, 2.05) is 0 Å². The molecule has 1 aromatic carbocycles. The topological polar surface area (TPSA) is 82.5 Å². The molecule has 0 aliphatic carbocycles. The Morgan fingerprint density at radius 1 is 1.18 bits per heavy atom. The summed E-state index contributed by atoms with van der Waals surface area (Å²) in [5, 5.41) is 2.59. The van der Waals surface area contributed by atoms with Crippen molar-refractivity contribution in [2.45, 2.75) is 27.4 Å². The second kappa shape index (κ2) is 10.5. The lowest BCUT2D eigenvalue weighted by Gasteiger charge is -2.18. The zero-order chi connectivity index (χ0) is 23.4. The van der Waals surface area contributed by atoms with Crippen LogP contribution in [0.25, 0.3) is 11.1 Å². The van der Waals surface area contributed by atoms with Crippen LogP contribution < -0.4 is 20.3 Å². The van der Waals surface area contributed by atoms with E-state index in [1.165, 1.54) is 29.1 Å². The van der Waals surface area contributed by atoms with Gasteiger partial charge < -0.3 is 19.4 Å². The first-order valence-electron chi connectivity index (χ1n) is 9.62. The average molecular weight is 457 g/mol. The maximum Gasteiger partial charge on any atom is 0.254 e. The standard InChI is InChI=1S/C23H21F2N3O4.CH4/c1-5-21(29)27-15-9-16(17-12-28(4)22(30)10-20(17)31-13(2)3)23(26-11-15)32-19-7-6-14(24)8-18(19)25;/h5-13H,1H2,2-4H3,(H,27,29);1H4. The number of nitrogens with one attached hydrogen (secondary N) is 1. The summed E-state index contributed by atoms with van der Waals surface area (Å²) >= 11 is 0. The highest BCUT2D eigenvalue weighted by atomic mass is 19.1. The molecule has 0 atom stereocenters. The third kappa shape index (κ3) is 6.03. The van der Waals surface area contributed by atoms with Gasteiger partial charge in [0.15, 0.2) is 11.6 Å². The molecule has 7 nitrogen and oxygen atoms in total. The summed E-state index contributed by atoms with van der Waals surface area (Å²) in [6.07, 6.45) is 3.67. The van der Waals surface area contributed by atoms with Crippen molar-refractivity contribution in [3.8, 4) is 28.5 Å². The van der Waals surface area contributed by atoms with Gasteiger partial charge in [0, 0.05) is 30.9 Å². The van der Waals surface area contributed by atoms with E-state index in [-0.39, 0.29) is 36.5 Å². The van der Waals surface area contributed by atoms with Crippen LogP contribution in [0.5, 0.6) is 17.4 Å². The van der Waals surface area contributed by atoms with E-state index >= 15 is 0 Å². The van der Waals surface area contributed by atoms with E-state index in [0.717, 1.165) is 18.2 Å². The number of carbonyl (C=O) groups is 1. The van der Waals surface area contributed by atoms with Gasteiger partial charge in [0.2, 0.25) is 11.8 Å². The molecule has 33 heavy (non-hydrogen) atoms. The number of nitrogens with zero attached hydrogens (tertiary/aromatic N) is 2. The molecule has 0 unspecified atom stereocenters. The Kier molecular flexibility index (Phi) is 8.06. The zero-order valence-electron chi connectivity index (χ0n) is 17.7. The molecule has 0 radical (unpaired) electrons. The van der Waals surface area contributed by atoms with Gasteiger partial charge in [-0.1, -0.05) is 14.0 Å². The fraction of sp³-hybridized carbons (Fsp3) is 0.208. The predicted octanol–water partition coefficient (Wildman–Crippen LogP) is 5.07. The van der Waals surface area contributed by atoms with Gasteiger partial charge in [0.25, 0.3) is 5.56 Å². The molecule has 3 rings (SSSR count). The van der Waals surface area contributed by atoms with E-state index in [4.69, 9.17) is 9.47 Å². The maximum atomic E-state index is 14.2. The second-order valence-electron chi connectivity index (χ2n) is 7.11. The molecule has 9 heteroatoms. The minimum Gasteiger partial charge on any atom is -0.490 e. The van der Waals surface area contributed by atoms with Crippen molar-refractivity contribution in [1.82, 2.24) is 9.55 Å². The Bertz CT molecular complexity index is 1240. The smallest absolute Gasteiger partial charge is 0.254 e. The molecule has 3 aromatic rings. The molecule has 0 spiro atoms. The number of hydrogen-bond acceptors (Lipinski definition) is 5. The van der Waals surface area contributed by atoms with Crippen LogP contribution in [0.15, 0.2) is 60.2 Å². The summed E-state index contributed by atoms with van der Waals surface area (Å²) in [5.74, 6) is -2.17. The third-order valence-corrected chi connectivity index (χ3v) is 4.25. The number of rotatable bonds is 7. The van der Waals surface area contributed by atoms with Crippen LogP contribution in [0.4, 0.5) is 14.5 Å². The lowest BCUT2D eigenvalue weighted by Crippen LogP contribution is -2.18. The first kappa shape index (κ1) is 25.3. The molecule has 174 valence electrons. The number of aromatic nitrogens is 2. The van der Waals surface area contributed by atoms with E-state index < -0.39 is 17.5 Å². The Morgan fingerprint density at radius 2 is 1.91 bits per heavy atom. The molecule has 0 saturated carbocycles. The number of amides is 1. The molecule has 2 aromatic heterocycles. The van der Waals surface area contributed by atoms with Gasteiger partial charge in [-0.05, 0) is 38.1 Å². The Hall–Kier alpha value is -4.01. The molecule has 0 saturated heterocycles. The van der Waals surface area contributed by atoms with Crippen molar-refractivity contribution in [1.29, 1.82) is 0 Å². The fourth-order valence-corrected chi connectivity index (χ4v) is 2.82. The molecule has 0 aliphatic rings.